The fourth-order valence-electron chi connectivity index (χ4n) is 0.937. The van der Waals surface area contributed by atoms with Gasteiger partial charge in [-0.25, -0.2) is 4.39 Å². The monoisotopic (exact) mass is 198 g/mol. The summed E-state index contributed by atoms with van der Waals surface area (Å²) in [5, 5.41) is 0.0186. The molecule has 0 aliphatic heterocycles. The Hall–Kier alpha value is -0.820. The van der Waals surface area contributed by atoms with Crippen molar-refractivity contribution in [1.29, 1.82) is 0 Å². The molecule has 0 radical (unpaired) electrons. The average Bonchev–Trinajstić information content (AvgIpc) is 2.08. The summed E-state index contributed by atoms with van der Waals surface area (Å²) in [6, 6.07) is 6.35. The van der Waals surface area contributed by atoms with Gasteiger partial charge < -0.3 is 0 Å². The molecule has 0 fully saturated rings. The van der Waals surface area contributed by atoms with Crippen molar-refractivity contribution in [2.24, 2.45) is 0 Å². The van der Waals surface area contributed by atoms with E-state index in [9.17, 15) is 4.39 Å². The number of hydrogen-bond donors (Lipinski definition) is 0. The topological polar surface area (TPSA) is 0 Å². The van der Waals surface area contributed by atoms with Crippen LogP contribution in [0.25, 0.3) is 6.08 Å². The zero-order valence-corrected chi connectivity index (χ0v) is 8.48. The van der Waals surface area contributed by atoms with Crippen molar-refractivity contribution in [3.05, 3.63) is 41.2 Å². The zero-order valence-electron chi connectivity index (χ0n) is 7.72. The average molecular weight is 199 g/mol. The molecule has 0 aliphatic rings. The van der Waals surface area contributed by atoms with Crippen molar-refractivity contribution in [3.63, 3.8) is 0 Å². The van der Waals surface area contributed by atoms with E-state index in [2.05, 4.69) is 0 Å². The van der Waals surface area contributed by atoms with Crippen LogP contribution in [0.2, 0.25) is 0 Å². The van der Waals surface area contributed by atoms with Crippen LogP contribution < -0.4 is 0 Å². The van der Waals surface area contributed by atoms with Crippen molar-refractivity contribution < 1.29 is 4.39 Å². The summed E-state index contributed by atoms with van der Waals surface area (Å²) >= 11 is 5.87. The Balaban J connectivity index is 2.85. The normalized spacial score (nSPS) is 14.3. The Morgan fingerprint density at radius 3 is 2.38 bits per heavy atom. The molecule has 0 amide bonds. The summed E-state index contributed by atoms with van der Waals surface area (Å²) in [7, 11) is 0. The molecule has 0 saturated heterocycles. The fourth-order valence-corrected chi connectivity index (χ4v) is 1.000. The third kappa shape index (κ3) is 3.19. The quantitative estimate of drug-likeness (QED) is 0.634. The molecule has 0 saturated carbocycles. The minimum Gasteiger partial charge on any atom is -0.207 e. The summed E-state index contributed by atoms with van der Waals surface area (Å²) < 4.78 is 12.5. The van der Waals surface area contributed by atoms with Crippen LogP contribution in [0, 0.1) is 5.82 Å². The van der Waals surface area contributed by atoms with Crippen LogP contribution >= 0.6 is 11.6 Å². The van der Waals surface area contributed by atoms with E-state index in [0.29, 0.717) is 0 Å². The smallest absolute Gasteiger partial charge is 0.123 e. The summed E-state index contributed by atoms with van der Waals surface area (Å²) in [5.41, 5.74) is 2.06. The lowest BCUT2D eigenvalue weighted by molar-refractivity contribution is 0.628. The molecule has 0 aromatic heterocycles. The van der Waals surface area contributed by atoms with Gasteiger partial charge in [0.25, 0.3) is 0 Å². The lowest BCUT2D eigenvalue weighted by Crippen LogP contribution is -1.91. The van der Waals surface area contributed by atoms with Crippen molar-refractivity contribution >= 4 is 17.7 Å². The molecule has 1 rings (SSSR count). The number of hydrogen-bond acceptors (Lipinski definition) is 0. The van der Waals surface area contributed by atoms with Crippen LogP contribution in [0.3, 0.4) is 0 Å². The van der Waals surface area contributed by atoms with Gasteiger partial charge in [0.2, 0.25) is 0 Å². The molecule has 0 heterocycles. The summed E-state index contributed by atoms with van der Waals surface area (Å²) in [6.45, 7) is 3.87. The Labute approximate surface area is 83.0 Å². The molecular weight excluding hydrogens is 187 g/mol. The molecule has 1 aromatic carbocycles. The highest BCUT2D eigenvalue weighted by atomic mass is 35.5. The largest absolute Gasteiger partial charge is 0.207 e. The van der Waals surface area contributed by atoms with E-state index >= 15 is 0 Å². The molecule has 1 atom stereocenters. The minimum atomic E-state index is -0.214. The molecule has 0 spiro atoms. The van der Waals surface area contributed by atoms with Crippen LogP contribution in [-0.4, -0.2) is 5.38 Å². The first-order valence-corrected chi connectivity index (χ1v) is 4.61. The fraction of sp³-hybridized carbons (Fsp3) is 0.273. The van der Waals surface area contributed by atoms with Crippen molar-refractivity contribution in [1.82, 2.24) is 0 Å². The highest BCUT2D eigenvalue weighted by Crippen LogP contribution is 2.13. The SMILES string of the molecule is C/C(=C\c1ccc(F)cc1)C(C)Cl. The maximum Gasteiger partial charge on any atom is 0.123 e. The number of allylic oxidation sites excluding steroid dienone is 1. The molecule has 0 N–H and O–H groups in total. The van der Waals surface area contributed by atoms with Gasteiger partial charge in [-0.1, -0.05) is 23.8 Å². The van der Waals surface area contributed by atoms with Gasteiger partial charge in [-0.2, -0.15) is 0 Å². The second kappa shape index (κ2) is 4.43. The first kappa shape index (κ1) is 10.3. The second-order valence-corrected chi connectivity index (χ2v) is 3.71. The van der Waals surface area contributed by atoms with Crippen molar-refractivity contribution in [2.75, 3.05) is 0 Å². The molecule has 13 heavy (non-hydrogen) atoms. The van der Waals surface area contributed by atoms with Crippen LogP contribution in [-0.2, 0) is 0 Å². The van der Waals surface area contributed by atoms with Gasteiger partial charge in [0.05, 0.1) is 5.38 Å². The maximum atomic E-state index is 12.5. The van der Waals surface area contributed by atoms with Crippen molar-refractivity contribution in [2.45, 2.75) is 19.2 Å². The molecule has 1 unspecified atom stereocenters. The number of alkyl halides is 1. The summed E-state index contributed by atoms with van der Waals surface area (Å²) in [6.07, 6.45) is 1.96. The molecule has 0 aliphatic carbocycles. The molecule has 0 bridgehead atoms. The van der Waals surface area contributed by atoms with Crippen molar-refractivity contribution in [3.8, 4) is 0 Å². The van der Waals surface area contributed by atoms with E-state index in [1.54, 1.807) is 12.1 Å². The number of halogens is 2. The molecule has 0 nitrogen and oxygen atoms in total. The molecule has 1 aromatic rings. The van der Waals surface area contributed by atoms with Crippen LogP contribution in [0.5, 0.6) is 0 Å². The van der Waals surface area contributed by atoms with E-state index in [-0.39, 0.29) is 11.2 Å². The minimum absolute atomic E-state index is 0.0186. The third-order valence-corrected chi connectivity index (χ3v) is 2.24. The molecular formula is C11H12ClF. The standard InChI is InChI=1S/C11H12ClF/c1-8(9(2)12)7-10-3-5-11(13)6-4-10/h3-7,9H,1-2H3/b8-7+. The first-order valence-electron chi connectivity index (χ1n) is 4.17. The predicted molar refractivity (Wildman–Crippen MR) is 55.4 cm³/mol. The number of benzene rings is 1. The van der Waals surface area contributed by atoms with Gasteiger partial charge in [-0.15, -0.1) is 11.6 Å². The Kier molecular flexibility index (Phi) is 3.49. The number of rotatable bonds is 2. The van der Waals surface area contributed by atoms with Gasteiger partial charge in [-0.3, -0.25) is 0 Å². The summed E-state index contributed by atoms with van der Waals surface area (Å²) in [5.74, 6) is -0.214. The van der Waals surface area contributed by atoms with Gasteiger partial charge >= 0.3 is 0 Å². The van der Waals surface area contributed by atoms with E-state index < -0.39 is 0 Å². The maximum absolute atomic E-state index is 12.5. The van der Waals surface area contributed by atoms with E-state index in [4.69, 9.17) is 11.6 Å². The molecule has 2 heteroatoms. The lowest BCUT2D eigenvalue weighted by atomic mass is 10.1. The van der Waals surface area contributed by atoms with Crippen LogP contribution in [0.1, 0.15) is 19.4 Å². The van der Waals surface area contributed by atoms with Gasteiger partial charge in [0, 0.05) is 0 Å². The van der Waals surface area contributed by atoms with Crippen LogP contribution in [0.15, 0.2) is 29.8 Å². The van der Waals surface area contributed by atoms with E-state index in [1.165, 1.54) is 12.1 Å². The van der Waals surface area contributed by atoms with E-state index in [1.807, 2.05) is 19.9 Å². The predicted octanol–water partition coefficient (Wildman–Crippen LogP) is 3.86. The Bertz CT molecular complexity index is 298. The molecule has 70 valence electrons. The Morgan fingerprint density at radius 1 is 1.38 bits per heavy atom. The van der Waals surface area contributed by atoms with E-state index in [0.717, 1.165) is 11.1 Å². The van der Waals surface area contributed by atoms with Gasteiger partial charge in [0.1, 0.15) is 5.82 Å². The van der Waals surface area contributed by atoms with Gasteiger partial charge in [0.15, 0.2) is 0 Å². The van der Waals surface area contributed by atoms with Crippen LogP contribution in [0.4, 0.5) is 4.39 Å². The van der Waals surface area contributed by atoms with Gasteiger partial charge in [-0.05, 0) is 31.5 Å². The summed E-state index contributed by atoms with van der Waals surface area (Å²) in [4.78, 5) is 0. The highest BCUT2D eigenvalue weighted by Gasteiger charge is 1.98. The second-order valence-electron chi connectivity index (χ2n) is 3.06. The Morgan fingerprint density at radius 2 is 1.92 bits per heavy atom. The highest BCUT2D eigenvalue weighted by molar-refractivity contribution is 6.22. The lowest BCUT2D eigenvalue weighted by Gasteiger charge is -2.02. The zero-order chi connectivity index (χ0) is 9.84. The third-order valence-electron chi connectivity index (χ3n) is 1.89. The first-order chi connectivity index (χ1) is 6.09.